The van der Waals surface area contributed by atoms with Crippen molar-refractivity contribution in [1.82, 2.24) is 0 Å². The molecular weight excluding hydrogens is 110 g/mol. The van der Waals surface area contributed by atoms with E-state index in [0.717, 1.165) is 0 Å². The molecule has 0 spiro atoms. The quantitative estimate of drug-likeness (QED) is 0.286. The van der Waals surface area contributed by atoms with Crippen molar-refractivity contribution in [2.75, 3.05) is 0 Å². The van der Waals surface area contributed by atoms with Crippen molar-refractivity contribution in [2.45, 2.75) is 0 Å². The maximum atomic E-state index is 8.50. The Morgan fingerprint density at radius 1 is 0.625 bits per heavy atom. The van der Waals surface area contributed by atoms with Gasteiger partial charge in [-0.1, -0.05) is 0 Å². The van der Waals surface area contributed by atoms with Crippen molar-refractivity contribution in [1.29, 1.82) is 0 Å². The number of hydrogen-bond donors (Lipinski definition) is 0. The van der Waals surface area contributed by atoms with E-state index in [1.54, 1.807) is 0 Å². The van der Waals surface area contributed by atoms with Gasteiger partial charge in [-0.3, -0.25) is 0 Å². The molecule has 0 aromatic carbocycles. The summed E-state index contributed by atoms with van der Waals surface area (Å²) in [5.41, 5.74) is 0. The zero-order valence-corrected chi connectivity index (χ0v) is 4.53. The molecule has 0 amide bonds. The van der Waals surface area contributed by atoms with Crippen molar-refractivity contribution in [3.63, 3.8) is 0 Å². The van der Waals surface area contributed by atoms with Crippen molar-refractivity contribution in [3.8, 4) is 0 Å². The predicted octanol–water partition coefficient (Wildman–Crippen LogP) is -6.82. The molecule has 0 aliphatic heterocycles. The van der Waals surface area contributed by atoms with Crippen LogP contribution in [-0.4, -0.2) is 11.0 Å². The average molecular weight is 112 g/mol. The minimum absolute atomic E-state index is 0. The van der Waals surface area contributed by atoms with Crippen LogP contribution in [0.2, 0.25) is 0 Å². The summed E-state index contributed by atoms with van der Waals surface area (Å²) >= 11 is -4.00. The Morgan fingerprint density at radius 2 is 0.625 bits per heavy atom. The Morgan fingerprint density at radius 3 is 0.625 bits per heavy atom. The second-order valence-electron chi connectivity index (χ2n) is 0.333. The van der Waals surface area contributed by atoms with Gasteiger partial charge in [0.2, 0.25) is 0 Å². The van der Waals surface area contributed by atoms with E-state index in [0.29, 0.717) is 0 Å². The van der Waals surface area contributed by atoms with Crippen molar-refractivity contribution in [3.05, 3.63) is 0 Å². The molecule has 0 aliphatic rings. The fourth-order valence-electron chi connectivity index (χ4n) is 0. The van der Waals surface area contributed by atoms with Gasteiger partial charge in [0.15, 0.2) is 0 Å². The molecule has 0 bridgehead atoms. The van der Waals surface area contributed by atoms with Crippen LogP contribution in [0.25, 0.3) is 0 Å². The first kappa shape index (κ1) is 23.9. The normalized spacial score (nSPS) is 2.00. The minimum atomic E-state index is -2.00. The van der Waals surface area contributed by atoms with Crippen molar-refractivity contribution < 1.29 is 58.4 Å². The molecular formula is H2Li2O6. The molecule has 0 rings (SSSR count). The van der Waals surface area contributed by atoms with Gasteiger partial charge in [0.1, 0.15) is 0 Å². The molecule has 0 fully saturated rings. The van der Waals surface area contributed by atoms with Crippen LogP contribution in [0.15, 0.2) is 0 Å². The van der Waals surface area contributed by atoms with Crippen LogP contribution < -0.4 is 32.9 Å². The third kappa shape index (κ3) is 1800. The van der Waals surface area contributed by atoms with Crippen molar-refractivity contribution >= 4 is 0 Å². The van der Waals surface area contributed by atoms with Gasteiger partial charge < -0.3 is 11.0 Å². The molecule has 40 valence electrons. The van der Waals surface area contributed by atoms with Crippen LogP contribution in [0, 0.1) is 0 Å². The van der Waals surface area contributed by atoms with Gasteiger partial charge >= 0.3 is 47.5 Å². The monoisotopic (exact) mass is 112 g/mol. The van der Waals surface area contributed by atoms with E-state index >= 15 is 0 Å². The second-order valence-corrected chi connectivity index (χ2v) is 0.333. The molecule has 8 heavy (non-hydrogen) atoms. The third-order valence-corrected chi connectivity index (χ3v) is 0. The summed E-state index contributed by atoms with van der Waals surface area (Å²) in [6.45, 7) is 0. The van der Waals surface area contributed by atoms with E-state index in [2.05, 4.69) is 0 Å². The zero-order valence-electron chi connectivity index (χ0n) is 4.53. The molecule has 0 aromatic heterocycles. The van der Waals surface area contributed by atoms with E-state index in [-0.39, 0.29) is 11.0 Å². The molecule has 0 aromatic rings. The molecule has 8 radical (unpaired) electrons. The summed E-state index contributed by atoms with van der Waals surface area (Å²) in [5, 5.41) is 0. The fourth-order valence-corrected chi connectivity index (χ4v) is 0. The van der Waals surface area contributed by atoms with Crippen LogP contribution in [0.4, 0.5) is 0 Å². The molecule has 0 unspecified atom stereocenters. The van der Waals surface area contributed by atoms with Gasteiger partial charge in [0, 0.05) is 0 Å². The van der Waals surface area contributed by atoms with Gasteiger partial charge in [-0.25, -0.2) is 0 Å². The summed E-state index contributed by atoms with van der Waals surface area (Å²) in [7, 11) is 0. The Labute approximate surface area is 58.7 Å². The van der Waals surface area contributed by atoms with Crippen molar-refractivity contribution in [2.24, 2.45) is 0 Å². The molecule has 0 heterocycles. The molecule has 6 nitrogen and oxygen atoms in total. The van der Waals surface area contributed by atoms with E-state index in [9.17, 15) is 0 Å². The van der Waals surface area contributed by atoms with Gasteiger partial charge in [-0.05, 0) is 0 Å². The molecule has 0 atom stereocenters. The summed E-state index contributed by atoms with van der Waals surface area (Å²) < 4.78 is 34.0. The fraction of sp³-hybridized carbons (Fsp3) is 0. The molecule has 0 saturated carbocycles. The molecule has 2 N–H and O–H groups in total. The topological polar surface area (TPSA) is 128 Å². The van der Waals surface area contributed by atoms with E-state index in [4.69, 9.17) is 14.6 Å². The standard InChI is InChI=1S/2Li.2H2O.4O/h;;2*1H2;;;;/q2*+1;;;;;;/p-2. The summed E-state index contributed by atoms with van der Waals surface area (Å²) in [6.07, 6.45) is 0. The Balaban J connectivity index is -0.0000000160. The Hall–Kier alpha value is 0.315. The van der Waals surface area contributed by atoms with E-state index in [1.165, 1.54) is 0 Å². The van der Waals surface area contributed by atoms with Gasteiger partial charge in [-0.15, -0.1) is 0 Å². The first-order chi connectivity index (χ1) is 2.83. The summed E-state index contributed by atoms with van der Waals surface area (Å²) in [5.74, 6) is 0. The van der Waals surface area contributed by atoms with E-state index in [1.807, 2.05) is 0 Å². The van der Waals surface area contributed by atoms with Crippen LogP contribution in [0.1, 0.15) is 0 Å². The van der Waals surface area contributed by atoms with Gasteiger partial charge in [0.25, 0.3) is 0 Å². The van der Waals surface area contributed by atoms with Gasteiger partial charge in [0.05, 0.1) is 0 Å². The Bertz CT molecular complexity index is 60.5. The van der Waals surface area contributed by atoms with Crippen LogP contribution in [-0.2, 0) is 14.6 Å². The Kier molecular flexibility index (Phi) is 163. The second kappa shape index (κ2) is 54.4. The van der Waals surface area contributed by atoms with Gasteiger partial charge in [-0.2, -0.15) is 0 Å². The number of hydrogen-bond acceptors (Lipinski definition) is 6. The first-order valence-electron chi connectivity index (χ1n) is 1.63. The average Bonchev–Trinajstić information content (AvgIpc) is 1.39. The third-order valence-electron chi connectivity index (χ3n) is 0. The van der Waals surface area contributed by atoms with Crippen LogP contribution in [0.5, 0.6) is 0 Å². The zero-order chi connectivity index (χ0) is 5.41. The summed E-state index contributed by atoms with van der Waals surface area (Å²) in [6, 6.07) is 0. The maximum absolute atomic E-state index is 8.50. The SMILES string of the molecule is [OH-].[OH-].[O]=[Li+]=[O].[O]=[Li+]=[O]. The summed E-state index contributed by atoms with van der Waals surface area (Å²) in [4.78, 5) is 0. The molecule has 0 saturated heterocycles. The van der Waals surface area contributed by atoms with Crippen LogP contribution >= 0.6 is 0 Å². The van der Waals surface area contributed by atoms with Crippen LogP contribution in [0.3, 0.4) is 0 Å². The molecule has 8 heteroatoms. The number of rotatable bonds is 0. The first-order valence-corrected chi connectivity index (χ1v) is 1.63. The molecule has 0 aliphatic carbocycles. The van der Waals surface area contributed by atoms with E-state index < -0.39 is 32.9 Å². The predicted molar refractivity (Wildman–Crippen MR) is 6.62 cm³/mol.